The van der Waals surface area contributed by atoms with Gasteiger partial charge in [-0.05, 0) is 52.0 Å². The summed E-state index contributed by atoms with van der Waals surface area (Å²) in [5, 5.41) is 8.86. The Morgan fingerprint density at radius 1 is 1.25 bits per heavy atom. The van der Waals surface area contributed by atoms with Crippen molar-refractivity contribution in [3.8, 4) is 0 Å². The van der Waals surface area contributed by atoms with E-state index in [0.29, 0.717) is 11.8 Å². The number of likely N-dealkylation sites (tertiary alicyclic amines) is 2. The van der Waals surface area contributed by atoms with Crippen LogP contribution in [-0.2, 0) is 4.74 Å². The molecule has 0 aromatic carbocycles. The molecule has 1 N–H and O–H groups in total. The molecule has 20 heavy (non-hydrogen) atoms. The molecule has 0 aromatic heterocycles. The van der Waals surface area contributed by atoms with Gasteiger partial charge in [-0.1, -0.05) is 0 Å². The van der Waals surface area contributed by atoms with E-state index in [9.17, 15) is 4.79 Å². The van der Waals surface area contributed by atoms with Gasteiger partial charge in [0.25, 0.3) is 0 Å². The van der Waals surface area contributed by atoms with E-state index in [2.05, 4.69) is 4.90 Å². The minimum Gasteiger partial charge on any atom is -0.444 e. The van der Waals surface area contributed by atoms with Gasteiger partial charge in [0, 0.05) is 32.8 Å². The molecule has 2 rings (SSSR count). The van der Waals surface area contributed by atoms with E-state index < -0.39 is 5.60 Å². The second kappa shape index (κ2) is 6.31. The molecule has 0 bridgehead atoms. The van der Waals surface area contributed by atoms with Gasteiger partial charge in [-0.25, -0.2) is 4.79 Å². The minimum absolute atomic E-state index is 0.177. The van der Waals surface area contributed by atoms with Crippen molar-refractivity contribution in [2.24, 2.45) is 11.8 Å². The Balaban J connectivity index is 1.68. The maximum absolute atomic E-state index is 11.9. The number of aliphatic hydroxyl groups is 1. The SMILES string of the molecule is CC(C)(C)OC(=O)N1CC(C2CCN(CCCO)C2)C1. The Bertz CT molecular complexity index is 335. The lowest BCUT2D eigenvalue weighted by Crippen LogP contribution is -2.54. The summed E-state index contributed by atoms with van der Waals surface area (Å²) in [6.07, 6.45) is 1.91. The molecule has 1 amide bonds. The van der Waals surface area contributed by atoms with Crippen LogP contribution in [0, 0.1) is 11.8 Å². The summed E-state index contributed by atoms with van der Waals surface area (Å²) in [5.41, 5.74) is -0.406. The van der Waals surface area contributed by atoms with Crippen LogP contribution in [-0.4, -0.2) is 65.9 Å². The molecular weight excluding hydrogens is 256 g/mol. The number of ether oxygens (including phenoxy) is 1. The fraction of sp³-hybridized carbons (Fsp3) is 0.933. The molecule has 2 fully saturated rings. The Hall–Kier alpha value is -0.810. The van der Waals surface area contributed by atoms with Crippen molar-refractivity contribution in [1.82, 2.24) is 9.80 Å². The first-order valence-electron chi connectivity index (χ1n) is 7.70. The van der Waals surface area contributed by atoms with Crippen LogP contribution in [0.3, 0.4) is 0 Å². The van der Waals surface area contributed by atoms with Crippen LogP contribution >= 0.6 is 0 Å². The van der Waals surface area contributed by atoms with Gasteiger partial charge in [-0.3, -0.25) is 0 Å². The topological polar surface area (TPSA) is 53.0 Å². The molecule has 2 aliphatic rings. The summed E-state index contributed by atoms with van der Waals surface area (Å²) in [7, 11) is 0. The first-order valence-corrected chi connectivity index (χ1v) is 7.70. The first-order chi connectivity index (χ1) is 9.39. The van der Waals surface area contributed by atoms with Crippen LogP contribution in [0.4, 0.5) is 4.79 Å². The van der Waals surface area contributed by atoms with Crippen LogP contribution in [0.5, 0.6) is 0 Å². The first kappa shape index (κ1) is 15.6. The van der Waals surface area contributed by atoms with Crippen molar-refractivity contribution < 1.29 is 14.6 Å². The zero-order chi connectivity index (χ0) is 14.8. The third kappa shape index (κ3) is 4.09. The fourth-order valence-electron chi connectivity index (χ4n) is 3.03. The summed E-state index contributed by atoms with van der Waals surface area (Å²) >= 11 is 0. The van der Waals surface area contributed by atoms with Crippen molar-refractivity contribution >= 4 is 6.09 Å². The monoisotopic (exact) mass is 284 g/mol. The molecular formula is C15H28N2O3. The van der Waals surface area contributed by atoms with Crippen LogP contribution in [0.25, 0.3) is 0 Å². The number of rotatable bonds is 4. The highest BCUT2D eigenvalue weighted by Gasteiger charge is 2.40. The molecule has 0 spiro atoms. The summed E-state index contributed by atoms with van der Waals surface area (Å²) in [6.45, 7) is 10.9. The van der Waals surface area contributed by atoms with Gasteiger partial charge in [0.05, 0.1) is 0 Å². The van der Waals surface area contributed by atoms with Crippen LogP contribution in [0.15, 0.2) is 0 Å². The van der Waals surface area contributed by atoms with Crippen LogP contribution in [0.2, 0.25) is 0 Å². The van der Waals surface area contributed by atoms with Crippen molar-refractivity contribution in [3.05, 3.63) is 0 Å². The molecule has 5 heteroatoms. The zero-order valence-corrected chi connectivity index (χ0v) is 13.0. The second-order valence-electron chi connectivity index (χ2n) is 7.07. The quantitative estimate of drug-likeness (QED) is 0.851. The van der Waals surface area contributed by atoms with Gasteiger partial charge in [0.1, 0.15) is 5.60 Å². The van der Waals surface area contributed by atoms with E-state index in [4.69, 9.17) is 9.84 Å². The molecule has 116 valence electrons. The molecule has 0 aromatic rings. The Labute approximate surface area is 121 Å². The summed E-state index contributed by atoms with van der Waals surface area (Å²) in [5.74, 6) is 1.33. The normalized spacial score (nSPS) is 24.8. The smallest absolute Gasteiger partial charge is 0.410 e. The number of hydrogen-bond acceptors (Lipinski definition) is 4. The van der Waals surface area contributed by atoms with E-state index in [-0.39, 0.29) is 12.7 Å². The molecule has 0 saturated carbocycles. The number of nitrogens with zero attached hydrogens (tertiary/aromatic N) is 2. The Kier molecular flexibility index (Phi) is 4.91. The van der Waals surface area contributed by atoms with Gasteiger partial charge < -0.3 is 19.6 Å². The average Bonchev–Trinajstić information content (AvgIpc) is 2.70. The van der Waals surface area contributed by atoms with Crippen molar-refractivity contribution in [1.29, 1.82) is 0 Å². The lowest BCUT2D eigenvalue weighted by atomic mass is 9.85. The van der Waals surface area contributed by atoms with E-state index >= 15 is 0 Å². The highest BCUT2D eigenvalue weighted by Crippen LogP contribution is 2.31. The van der Waals surface area contributed by atoms with Crippen molar-refractivity contribution in [2.45, 2.75) is 39.2 Å². The predicted octanol–water partition coefficient (Wildman–Crippen LogP) is 1.56. The third-order valence-electron chi connectivity index (χ3n) is 4.17. The van der Waals surface area contributed by atoms with Crippen molar-refractivity contribution in [3.63, 3.8) is 0 Å². The number of carbonyl (C=O) groups is 1. The summed E-state index contributed by atoms with van der Waals surface area (Å²) < 4.78 is 5.38. The maximum Gasteiger partial charge on any atom is 0.410 e. The number of carbonyl (C=O) groups excluding carboxylic acids is 1. The average molecular weight is 284 g/mol. The largest absolute Gasteiger partial charge is 0.444 e. The van der Waals surface area contributed by atoms with Gasteiger partial charge in [-0.2, -0.15) is 0 Å². The van der Waals surface area contributed by atoms with Gasteiger partial charge in [0.15, 0.2) is 0 Å². The van der Waals surface area contributed by atoms with E-state index in [1.165, 1.54) is 6.42 Å². The number of amides is 1. The molecule has 2 saturated heterocycles. The molecule has 0 radical (unpaired) electrons. The van der Waals surface area contributed by atoms with E-state index in [0.717, 1.165) is 39.1 Å². The van der Waals surface area contributed by atoms with E-state index in [1.54, 1.807) is 0 Å². The predicted molar refractivity (Wildman–Crippen MR) is 77.5 cm³/mol. The Morgan fingerprint density at radius 3 is 2.55 bits per heavy atom. The molecule has 1 unspecified atom stereocenters. The standard InChI is InChI=1S/C15H28N2O3/c1-15(2,3)20-14(19)17-10-13(11-17)12-5-7-16(9-12)6-4-8-18/h12-13,18H,4-11H2,1-3H3. The Morgan fingerprint density at radius 2 is 1.95 bits per heavy atom. The van der Waals surface area contributed by atoms with Gasteiger partial charge >= 0.3 is 6.09 Å². The van der Waals surface area contributed by atoms with E-state index in [1.807, 2.05) is 25.7 Å². The number of aliphatic hydroxyl groups excluding tert-OH is 1. The minimum atomic E-state index is -0.406. The highest BCUT2D eigenvalue weighted by atomic mass is 16.6. The lowest BCUT2D eigenvalue weighted by molar-refractivity contribution is -0.0101. The highest BCUT2D eigenvalue weighted by molar-refractivity contribution is 5.69. The molecule has 1 atom stereocenters. The fourth-order valence-corrected chi connectivity index (χ4v) is 3.03. The molecule has 0 aliphatic carbocycles. The maximum atomic E-state index is 11.9. The zero-order valence-electron chi connectivity index (χ0n) is 13.0. The third-order valence-corrected chi connectivity index (χ3v) is 4.17. The van der Waals surface area contributed by atoms with Gasteiger partial charge in [0.2, 0.25) is 0 Å². The van der Waals surface area contributed by atoms with Crippen molar-refractivity contribution in [2.75, 3.05) is 39.3 Å². The lowest BCUT2D eigenvalue weighted by Gasteiger charge is -2.42. The second-order valence-corrected chi connectivity index (χ2v) is 7.07. The molecule has 2 aliphatic heterocycles. The summed E-state index contributed by atoms with van der Waals surface area (Å²) in [4.78, 5) is 16.1. The molecule has 5 nitrogen and oxygen atoms in total. The molecule has 2 heterocycles. The summed E-state index contributed by atoms with van der Waals surface area (Å²) in [6, 6.07) is 0. The van der Waals surface area contributed by atoms with Crippen LogP contribution in [0.1, 0.15) is 33.6 Å². The number of hydrogen-bond donors (Lipinski definition) is 1. The van der Waals surface area contributed by atoms with Gasteiger partial charge in [-0.15, -0.1) is 0 Å². The van der Waals surface area contributed by atoms with Crippen LogP contribution < -0.4 is 0 Å².